The van der Waals surface area contributed by atoms with E-state index in [-0.39, 0.29) is 9.92 Å². The van der Waals surface area contributed by atoms with E-state index in [0.717, 1.165) is 17.2 Å². The van der Waals surface area contributed by atoms with E-state index in [2.05, 4.69) is 45.2 Å². The topological polar surface area (TPSA) is 43.1 Å². The minimum Gasteiger partial charge on any atom is -0.258 e. The van der Waals surface area contributed by atoms with Gasteiger partial charge in [-0.3, -0.25) is 10.1 Å². The van der Waals surface area contributed by atoms with Gasteiger partial charge in [-0.25, -0.2) is 0 Å². The molecular formula is C8H3I2NO2S. The summed E-state index contributed by atoms with van der Waals surface area (Å²) >= 11 is 5.62. The van der Waals surface area contributed by atoms with Crippen molar-refractivity contribution in [1.29, 1.82) is 0 Å². The zero-order valence-corrected chi connectivity index (χ0v) is 11.8. The third-order valence-electron chi connectivity index (χ3n) is 1.75. The van der Waals surface area contributed by atoms with E-state index in [1.54, 1.807) is 6.07 Å². The largest absolute Gasteiger partial charge is 0.325 e. The van der Waals surface area contributed by atoms with Crippen LogP contribution in [0.15, 0.2) is 18.2 Å². The molecule has 1 aromatic heterocycles. The summed E-state index contributed by atoms with van der Waals surface area (Å²) in [7, 11) is 0. The molecule has 0 bridgehead atoms. The van der Waals surface area contributed by atoms with Crippen molar-refractivity contribution in [3.05, 3.63) is 35.5 Å². The first kappa shape index (κ1) is 10.6. The van der Waals surface area contributed by atoms with Crippen molar-refractivity contribution in [1.82, 2.24) is 0 Å². The summed E-state index contributed by atoms with van der Waals surface area (Å²) in [5.74, 6) is 0. The summed E-state index contributed by atoms with van der Waals surface area (Å²) in [5, 5.41) is 11.8. The second-order valence-corrected chi connectivity index (χ2v) is 5.97. The highest BCUT2D eigenvalue weighted by atomic mass is 127. The standard InChI is InChI=1S/C8H3I2NO2S/c9-5-1-2-6(10)8-4(5)3-7(14-8)11(12)13/h1-3H. The van der Waals surface area contributed by atoms with Crippen LogP contribution in [0, 0.1) is 17.3 Å². The van der Waals surface area contributed by atoms with Gasteiger partial charge in [0.1, 0.15) is 0 Å². The van der Waals surface area contributed by atoms with E-state index in [9.17, 15) is 10.1 Å². The van der Waals surface area contributed by atoms with Crippen molar-refractivity contribution >= 4 is 71.6 Å². The van der Waals surface area contributed by atoms with Crippen LogP contribution in [0.3, 0.4) is 0 Å². The van der Waals surface area contributed by atoms with Gasteiger partial charge in [-0.2, -0.15) is 0 Å². The normalized spacial score (nSPS) is 10.7. The lowest BCUT2D eigenvalue weighted by Crippen LogP contribution is -1.80. The Kier molecular flexibility index (Phi) is 2.93. The highest BCUT2D eigenvalue weighted by Gasteiger charge is 2.14. The number of halogens is 2. The number of benzene rings is 1. The number of hydrogen-bond acceptors (Lipinski definition) is 3. The van der Waals surface area contributed by atoms with Crippen LogP contribution in [0.4, 0.5) is 5.00 Å². The van der Waals surface area contributed by atoms with Crippen molar-refractivity contribution in [2.24, 2.45) is 0 Å². The van der Waals surface area contributed by atoms with Gasteiger partial charge in [-0.1, -0.05) is 11.3 Å². The number of fused-ring (bicyclic) bond motifs is 1. The molecule has 2 aromatic rings. The van der Waals surface area contributed by atoms with Crippen LogP contribution in [0.1, 0.15) is 0 Å². The molecule has 2 rings (SSSR count). The van der Waals surface area contributed by atoms with Crippen molar-refractivity contribution < 1.29 is 4.92 Å². The minimum atomic E-state index is -0.336. The summed E-state index contributed by atoms with van der Waals surface area (Å²) in [6.45, 7) is 0. The number of rotatable bonds is 1. The fourth-order valence-electron chi connectivity index (χ4n) is 1.13. The fourth-order valence-corrected chi connectivity index (χ4v) is 3.63. The maximum absolute atomic E-state index is 10.6. The molecule has 0 atom stereocenters. The summed E-state index contributed by atoms with van der Waals surface area (Å²) < 4.78 is 3.13. The molecule has 0 saturated carbocycles. The van der Waals surface area contributed by atoms with E-state index >= 15 is 0 Å². The maximum atomic E-state index is 10.6. The zero-order valence-electron chi connectivity index (χ0n) is 6.66. The minimum absolute atomic E-state index is 0.210. The lowest BCUT2D eigenvalue weighted by molar-refractivity contribution is -0.380. The average Bonchev–Trinajstić information content (AvgIpc) is 2.57. The van der Waals surface area contributed by atoms with Gasteiger partial charge in [0.15, 0.2) is 0 Å². The van der Waals surface area contributed by atoms with Crippen molar-refractivity contribution in [2.45, 2.75) is 0 Å². The van der Waals surface area contributed by atoms with Gasteiger partial charge in [0.2, 0.25) is 0 Å². The van der Waals surface area contributed by atoms with Crippen molar-refractivity contribution in [3.8, 4) is 0 Å². The molecule has 14 heavy (non-hydrogen) atoms. The van der Waals surface area contributed by atoms with Crippen molar-refractivity contribution in [2.75, 3.05) is 0 Å². The van der Waals surface area contributed by atoms with Crippen LogP contribution >= 0.6 is 56.5 Å². The van der Waals surface area contributed by atoms with E-state index in [1.165, 1.54) is 11.3 Å². The van der Waals surface area contributed by atoms with Crippen LogP contribution in [0.2, 0.25) is 0 Å². The molecular weight excluding hydrogens is 428 g/mol. The molecule has 1 heterocycles. The molecule has 0 aliphatic heterocycles. The molecule has 0 aliphatic carbocycles. The van der Waals surface area contributed by atoms with Crippen LogP contribution in [0.5, 0.6) is 0 Å². The Morgan fingerprint density at radius 1 is 1.29 bits per heavy atom. The zero-order chi connectivity index (χ0) is 10.3. The first-order valence-corrected chi connectivity index (χ1v) is 6.59. The van der Waals surface area contributed by atoms with Crippen LogP contribution in [-0.4, -0.2) is 4.92 Å². The van der Waals surface area contributed by atoms with Gasteiger partial charge in [0, 0.05) is 18.6 Å². The molecule has 3 nitrogen and oxygen atoms in total. The van der Waals surface area contributed by atoms with Gasteiger partial charge >= 0.3 is 5.00 Å². The maximum Gasteiger partial charge on any atom is 0.325 e. The van der Waals surface area contributed by atoms with E-state index in [1.807, 2.05) is 12.1 Å². The Balaban J connectivity index is 2.82. The van der Waals surface area contributed by atoms with Crippen molar-refractivity contribution in [3.63, 3.8) is 0 Å². The van der Waals surface area contributed by atoms with E-state index in [0.29, 0.717) is 0 Å². The highest BCUT2D eigenvalue weighted by Crippen LogP contribution is 2.36. The Hall–Kier alpha value is 0.0400. The molecule has 0 radical (unpaired) electrons. The number of nitrogens with zero attached hydrogens (tertiary/aromatic N) is 1. The van der Waals surface area contributed by atoms with Gasteiger partial charge in [-0.05, 0) is 57.3 Å². The SMILES string of the molecule is O=[N+]([O-])c1cc2c(I)ccc(I)c2s1. The summed E-state index contributed by atoms with van der Waals surface area (Å²) in [5.41, 5.74) is 0. The second-order valence-electron chi connectivity index (χ2n) is 2.61. The Bertz CT molecular complexity index is 484. The molecule has 0 aliphatic rings. The average molecular weight is 431 g/mol. The molecule has 1 aromatic carbocycles. The van der Waals surface area contributed by atoms with Crippen LogP contribution in [-0.2, 0) is 0 Å². The molecule has 0 unspecified atom stereocenters. The smallest absolute Gasteiger partial charge is 0.258 e. The van der Waals surface area contributed by atoms with Crippen LogP contribution < -0.4 is 0 Å². The number of nitro groups is 1. The number of thiophene rings is 1. The summed E-state index contributed by atoms with van der Waals surface area (Å²) in [4.78, 5) is 10.3. The van der Waals surface area contributed by atoms with Gasteiger partial charge in [0.05, 0.1) is 9.62 Å². The van der Waals surface area contributed by atoms with Gasteiger partial charge < -0.3 is 0 Å². The Morgan fingerprint density at radius 2 is 1.93 bits per heavy atom. The first-order valence-electron chi connectivity index (χ1n) is 3.61. The van der Waals surface area contributed by atoms with Gasteiger partial charge in [-0.15, -0.1) is 0 Å². The lowest BCUT2D eigenvalue weighted by atomic mass is 10.3. The summed E-state index contributed by atoms with van der Waals surface area (Å²) in [6, 6.07) is 5.59. The molecule has 0 N–H and O–H groups in total. The Labute approximate surface area is 111 Å². The van der Waals surface area contributed by atoms with E-state index < -0.39 is 0 Å². The fraction of sp³-hybridized carbons (Fsp3) is 0. The molecule has 0 spiro atoms. The monoisotopic (exact) mass is 431 g/mol. The summed E-state index contributed by atoms with van der Waals surface area (Å²) in [6.07, 6.45) is 0. The predicted octanol–water partition coefficient (Wildman–Crippen LogP) is 4.02. The molecule has 0 saturated heterocycles. The lowest BCUT2D eigenvalue weighted by Gasteiger charge is -1.94. The quantitative estimate of drug-likeness (QED) is 0.389. The van der Waals surface area contributed by atoms with E-state index in [4.69, 9.17) is 0 Å². The first-order chi connectivity index (χ1) is 6.59. The Morgan fingerprint density at radius 3 is 2.50 bits per heavy atom. The third-order valence-corrected chi connectivity index (χ3v) is 5.07. The predicted molar refractivity (Wildman–Crippen MR) is 73.9 cm³/mol. The molecule has 0 amide bonds. The number of hydrogen-bond donors (Lipinski definition) is 0. The molecule has 6 heteroatoms. The molecule has 72 valence electrons. The van der Waals surface area contributed by atoms with Gasteiger partial charge in [0.25, 0.3) is 0 Å². The highest BCUT2D eigenvalue weighted by molar-refractivity contribution is 14.1. The third kappa shape index (κ3) is 1.74. The second kappa shape index (κ2) is 3.89. The molecule has 0 fully saturated rings. The van der Waals surface area contributed by atoms with Crippen LogP contribution in [0.25, 0.3) is 10.1 Å².